The molecule has 3 nitrogen and oxygen atoms in total. The number of rotatable bonds is 0. The molecule has 0 aliphatic carbocycles. The van der Waals surface area contributed by atoms with Gasteiger partial charge < -0.3 is 6.32 Å². The van der Waals surface area contributed by atoms with Crippen LogP contribution in [0.2, 0.25) is 0 Å². The van der Waals surface area contributed by atoms with Crippen molar-refractivity contribution >= 4 is 9.47 Å². The van der Waals surface area contributed by atoms with Crippen LogP contribution in [-0.4, -0.2) is 4.89 Å². The van der Waals surface area contributed by atoms with Crippen molar-refractivity contribution in [3.63, 3.8) is 0 Å². The molecule has 0 amide bonds. The van der Waals surface area contributed by atoms with E-state index in [0.29, 0.717) is 0 Å². The summed E-state index contributed by atoms with van der Waals surface area (Å²) < 4.78 is 16.9. The molecule has 0 aromatic heterocycles. The van der Waals surface area contributed by atoms with Crippen molar-refractivity contribution in [2.45, 2.75) is 0 Å². The Kier molecular flexibility index (Phi) is 118. The molecule has 0 aromatic carbocycles. The summed E-state index contributed by atoms with van der Waals surface area (Å²) in [6, 6.07) is 0. The Labute approximate surface area is 109 Å². The summed E-state index contributed by atoms with van der Waals surface area (Å²) in [6.07, 6.45) is 0. The van der Waals surface area contributed by atoms with Crippen LogP contribution in [0.25, 0.3) is 0 Å². The van der Waals surface area contributed by atoms with Gasteiger partial charge in [-0.3, -0.25) is 0 Å². The van der Waals surface area contributed by atoms with Gasteiger partial charge >= 0.3 is 74.9 Å². The van der Waals surface area contributed by atoms with E-state index in [1.807, 2.05) is 0 Å². The minimum absolute atomic E-state index is 0. The Morgan fingerprint density at radius 1 is 1.43 bits per heavy atom. The van der Waals surface area contributed by atoms with E-state index >= 15 is 0 Å². The van der Waals surface area contributed by atoms with Crippen LogP contribution in [-0.2, 0) is 44.6 Å². The molecule has 0 radical (unpaired) electrons. The number of hydrogen-bond donors (Lipinski definition) is 1. The van der Waals surface area contributed by atoms with Crippen LogP contribution in [0.15, 0.2) is 0 Å². The summed E-state index contributed by atoms with van der Waals surface area (Å²) in [5.74, 6) is 0. The zero-order valence-corrected chi connectivity index (χ0v) is 11.4. The molecule has 7 heteroatoms. The van der Waals surface area contributed by atoms with E-state index < -0.39 is 16.2 Å². The molecule has 0 aliphatic heterocycles. The Morgan fingerprint density at radius 3 is 1.43 bits per heavy atom. The molecule has 0 heterocycles. The van der Waals surface area contributed by atoms with Gasteiger partial charge in [0.1, 0.15) is 0 Å². The first-order valence-corrected chi connectivity index (χ1v) is 2.28. The fourth-order valence-corrected chi connectivity index (χ4v) is 0. The van der Waals surface area contributed by atoms with E-state index in [2.05, 4.69) is 0 Å². The van der Waals surface area contributed by atoms with Crippen molar-refractivity contribution in [1.82, 2.24) is 0 Å². The van der Waals surface area contributed by atoms with E-state index in [9.17, 15) is 0 Å². The second-order valence-electron chi connectivity index (χ2n) is 0.0745. The Balaban J connectivity index is -0.00000000567. The molecular formula is H4KMoO3PV. The van der Waals surface area contributed by atoms with E-state index in [-0.39, 0.29) is 73.9 Å². The van der Waals surface area contributed by atoms with Gasteiger partial charge in [-0.05, 0) is 9.47 Å². The van der Waals surface area contributed by atoms with Gasteiger partial charge in [0.25, 0.3) is 0 Å². The van der Waals surface area contributed by atoms with Gasteiger partial charge in [-0.25, -0.2) is 0 Å². The second-order valence-corrected chi connectivity index (χ2v) is 0.307. The first-order chi connectivity index (χ1) is 2.41. The van der Waals surface area contributed by atoms with Gasteiger partial charge in [0.05, 0.1) is 0 Å². The standard InChI is InChI=1S/K.Mo.H3OP.2O.V.H/c;;1-2;;;;/h;;1H,2H2;;;;/q+1;;;;;;-1. The maximum absolute atomic E-state index is 8.47. The van der Waals surface area contributed by atoms with Crippen LogP contribution in [0.3, 0.4) is 0 Å². The molecular weight excluding hydrogens is 265 g/mol. The van der Waals surface area contributed by atoms with Gasteiger partial charge in [0.15, 0.2) is 0 Å². The van der Waals surface area contributed by atoms with Crippen LogP contribution in [0, 0.1) is 0 Å². The summed E-state index contributed by atoms with van der Waals surface area (Å²) in [5.41, 5.74) is 0. The van der Waals surface area contributed by atoms with Gasteiger partial charge in [0, 0.05) is 21.1 Å². The molecule has 0 spiro atoms. The van der Waals surface area contributed by atoms with Crippen molar-refractivity contribution in [2.75, 3.05) is 0 Å². The third-order valence-corrected chi connectivity index (χ3v) is 0. The topological polar surface area (TPSA) is 54.4 Å². The molecule has 0 bridgehead atoms. The van der Waals surface area contributed by atoms with Crippen molar-refractivity contribution < 1.29 is 102 Å². The normalized spacial score (nSPS) is 2.00. The minimum atomic E-state index is -1.81. The van der Waals surface area contributed by atoms with Gasteiger partial charge in [-0.2, -0.15) is 0 Å². The van der Waals surface area contributed by atoms with Crippen molar-refractivity contribution in [2.24, 2.45) is 0 Å². The summed E-state index contributed by atoms with van der Waals surface area (Å²) >= 11 is -1.81. The summed E-state index contributed by atoms with van der Waals surface area (Å²) in [7, 11) is 1.42. The van der Waals surface area contributed by atoms with Crippen LogP contribution in [0.1, 0.15) is 1.43 Å². The van der Waals surface area contributed by atoms with Crippen molar-refractivity contribution in [3.8, 4) is 0 Å². The summed E-state index contributed by atoms with van der Waals surface area (Å²) in [4.78, 5) is 6.92. The van der Waals surface area contributed by atoms with Gasteiger partial charge in [-0.1, -0.05) is 0 Å². The van der Waals surface area contributed by atoms with Crippen LogP contribution < -0.4 is 51.4 Å². The van der Waals surface area contributed by atoms with E-state index in [4.69, 9.17) is 12.2 Å². The van der Waals surface area contributed by atoms with E-state index in [1.54, 1.807) is 0 Å². The second kappa shape index (κ2) is 36.5. The Morgan fingerprint density at radius 2 is 1.43 bits per heavy atom. The summed E-state index contributed by atoms with van der Waals surface area (Å²) in [5, 5.41) is 0. The molecule has 0 saturated carbocycles. The van der Waals surface area contributed by atoms with Crippen molar-refractivity contribution in [3.05, 3.63) is 0 Å². The average molecular weight is 269 g/mol. The average Bonchev–Trinajstić information content (AvgIpc) is 1.46. The molecule has 0 saturated heterocycles. The number of hydrogen-bond acceptors (Lipinski definition) is 3. The third kappa shape index (κ3) is 50.4. The van der Waals surface area contributed by atoms with Crippen LogP contribution in [0.4, 0.5) is 0 Å². The summed E-state index contributed by atoms with van der Waals surface area (Å²) in [6.45, 7) is 0. The maximum atomic E-state index is 8.47. The molecule has 1 N–H and O–H groups in total. The van der Waals surface area contributed by atoms with Crippen LogP contribution >= 0.6 is 9.47 Å². The third-order valence-electron chi connectivity index (χ3n) is 0. The zero-order chi connectivity index (χ0) is 4.71. The zero-order valence-electron chi connectivity index (χ0n) is 4.70. The predicted octanol–water partition coefficient (Wildman–Crippen LogP) is -3.36. The molecule has 0 rings (SSSR count). The fraction of sp³-hybridized carbons (Fsp3) is 0. The fourth-order valence-electron chi connectivity index (χ4n) is 0. The van der Waals surface area contributed by atoms with Crippen molar-refractivity contribution in [1.29, 1.82) is 0 Å². The quantitative estimate of drug-likeness (QED) is 0.369. The predicted molar refractivity (Wildman–Crippen MR) is 14.4 cm³/mol. The SMILES string of the molecule is OP.[H-].[K+].[Mo].[O]=[V]=[O]. The van der Waals surface area contributed by atoms with E-state index in [1.165, 1.54) is 9.47 Å². The Hall–Kier alpha value is 2.90. The van der Waals surface area contributed by atoms with Gasteiger partial charge in [0.2, 0.25) is 0 Å². The van der Waals surface area contributed by atoms with Crippen LogP contribution in [0.5, 0.6) is 0 Å². The molecule has 1 atom stereocenters. The van der Waals surface area contributed by atoms with E-state index in [0.717, 1.165) is 0 Å². The monoisotopic (exact) mass is 271 g/mol. The molecule has 0 aromatic rings. The molecule has 0 aliphatic rings. The first kappa shape index (κ1) is 22.5. The Bertz CT molecular complexity index is 40.3. The molecule has 7 heavy (non-hydrogen) atoms. The molecule has 0 fully saturated rings. The first-order valence-electron chi connectivity index (χ1n) is 0.623. The van der Waals surface area contributed by atoms with Gasteiger partial charge in [-0.15, -0.1) is 0 Å². The molecule has 1 unspecified atom stereocenters. The molecule has 39 valence electrons.